The van der Waals surface area contributed by atoms with Crippen molar-refractivity contribution in [1.82, 2.24) is 9.78 Å². The quantitative estimate of drug-likeness (QED) is 0.669. The molecule has 6 nitrogen and oxygen atoms in total. The Morgan fingerprint density at radius 2 is 2.62 bits per heavy atom. The number of rotatable bonds is 1. The van der Waals surface area contributed by atoms with Crippen LogP contribution in [0, 0.1) is 11.3 Å². The fourth-order valence-electron chi connectivity index (χ4n) is 1.13. The summed E-state index contributed by atoms with van der Waals surface area (Å²) in [4.78, 5) is 0. The molecule has 0 saturated carbocycles. The van der Waals surface area contributed by atoms with Crippen LogP contribution in [0.25, 0.3) is 0 Å². The molecular weight excluding hydrogens is 170 g/mol. The molecule has 6 heteroatoms. The van der Waals surface area contributed by atoms with E-state index in [9.17, 15) is 0 Å². The van der Waals surface area contributed by atoms with Crippen LogP contribution in [-0.2, 0) is 4.74 Å². The molecule has 1 atom stereocenters. The molecule has 2 heterocycles. The molecule has 2 rings (SSSR count). The number of fused-ring (bicyclic) bond motifs is 1. The van der Waals surface area contributed by atoms with Gasteiger partial charge in [0.1, 0.15) is 11.6 Å². The van der Waals surface area contributed by atoms with Gasteiger partial charge >= 0.3 is 0 Å². The van der Waals surface area contributed by atoms with Crippen LogP contribution in [0.4, 0.5) is 5.82 Å². The molecule has 0 aromatic carbocycles. The number of methoxy groups -OCH3 is 1. The summed E-state index contributed by atoms with van der Waals surface area (Å²) in [5, 5.41) is 16.5. The van der Waals surface area contributed by atoms with E-state index in [1.54, 1.807) is 18.0 Å². The Labute approximate surface area is 74.4 Å². The SMILES string of the molecule is COC1C=NNc2c(C#N)cnn21. The molecule has 13 heavy (non-hydrogen) atoms. The Balaban J connectivity index is 2.47. The first-order chi connectivity index (χ1) is 6.36. The summed E-state index contributed by atoms with van der Waals surface area (Å²) >= 11 is 0. The fraction of sp³-hybridized carbons (Fsp3) is 0.286. The average molecular weight is 177 g/mol. The summed E-state index contributed by atoms with van der Waals surface area (Å²) in [5.41, 5.74) is 3.15. The second-order valence-electron chi connectivity index (χ2n) is 2.48. The first-order valence-corrected chi connectivity index (χ1v) is 3.66. The van der Waals surface area contributed by atoms with Gasteiger partial charge in [-0.3, -0.25) is 5.43 Å². The maximum absolute atomic E-state index is 8.71. The molecular formula is C7H7N5O. The number of hydrogen-bond donors (Lipinski definition) is 1. The van der Waals surface area contributed by atoms with E-state index in [0.29, 0.717) is 11.4 Å². The smallest absolute Gasteiger partial charge is 0.189 e. The molecule has 1 aliphatic heterocycles. The van der Waals surface area contributed by atoms with Crippen molar-refractivity contribution >= 4 is 12.0 Å². The van der Waals surface area contributed by atoms with Gasteiger partial charge in [-0.15, -0.1) is 0 Å². The number of nitrogens with zero attached hydrogens (tertiary/aromatic N) is 4. The van der Waals surface area contributed by atoms with Gasteiger partial charge in [0, 0.05) is 7.11 Å². The third-order valence-corrected chi connectivity index (χ3v) is 1.77. The van der Waals surface area contributed by atoms with Crippen molar-refractivity contribution in [1.29, 1.82) is 5.26 Å². The normalized spacial score (nSPS) is 18.9. The lowest BCUT2D eigenvalue weighted by Gasteiger charge is -2.17. The van der Waals surface area contributed by atoms with Gasteiger partial charge in [0.25, 0.3) is 0 Å². The van der Waals surface area contributed by atoms with Crippen LogP contribution >= 0.6 is 0 Å². The molecule has 1 N–H and O–H groups in total. The third-order valence-electron chi connectivity index (χ3n) is 1.77. The number of hydrazone groups is 1. The Morgan fingerprint density at radius 1 is 1.77 bits per heavy atom. The zero-order chi connectivity index (χ0) is 9.26. The Hall–Kier alpha value is -1.87. The summed E-state index contributed by atoms with van der Waals surface area (Å²) < 4.78 is 6.64. The maximum atomic E-state index is 8.71. The summed E-state index contributed by atoms with van der Waals surface area (Å²) in [7, 11) is 1.56. The third kappa shape index (κ3) is 1.06. The predicted octanol–water partition coefficient (Wildman–Crippen LogP) is 0.311. The molecule has 1 aromatic rings. The molecule has 0 spiro atoms. The van der Waals surface area contributed by atoms with Crippen molar-refractivity contribution in [2.75, 3.05) is 12.5 Å². The fourth-order valence-corrected chi connectivity index (χ4v) is 1.13. The topological polar surface area (TPSA) is 75.2 Å². The molecule has 0 aliphatic carbocycles. The summed E-state index contributed by atoms with van der Waals surface area (Å²) in [6.07, 6.45) is 2.71. The van der Waals surface area contributed by atoms with Crippen LogP contribution in [0.3, 0.4) is 0 Å². The highest BCUT2D eigenvalue weighted by Crippen LogP contribution is 2.21. The lowest BCUT2D eigenvalue weighted by atomic mass is 10.3. The summed E-state index contributed by atoms with van der Waals surface area (Å²) in [6, 6.07) is 2.00. The largest absolute Gasteiger partial charge is 0.354 e. The van der Waals surface area contributed by atoms with Crippen LogP contribution in [0.2, 0.25) is 0 Å². The first-order valence-electron chi connectivity index (χ1n) is 3.66. The van der Waals surface area contributed by atoms with E-state index >= 15 is 0 Å². The molecule has 1 aromatic heterocycles. The molecule has 1 unspecified atom stereocenters. The zero-order valence-corrected chi connectivity index (χ0v) is 6.93. The van der Waals surface area contributed by atoms with Crippen molar-refractivity contribution < 1.29 is 4.74 Å². The van der Waals surface area contributed by atoms with Crippen molar-refractivity contribution in [3.8, 4) is 6.07 Å². The van der Waals surface area contributed by atoms with E-state index in [-0.39, 0.29) is 6.23 Å². The van der Waals surface area contributed by atoms with Gasteiger partial charge in [-0.05, 0) is 0 Å². The summed E-state index contributed by atoms with van der Waals surface area (Å²) in [6.45, 7) is 0. The lowest BCUT2D eigenvalue weighted by molar-refractivity contribution is 0.0949. The Bertz CT molecular complexity index is 388. The highest BCUT2D eigenvalue weighted by molar-refractivity contribution is 5.68. The van der Waals surface area contributed by atoms with E-state index in [1.807, 2.05) is 6.07 Å². The summed E-state index contributed by atoms with van der Waals surface area (Å²) in [5.74, 6) is 0.567. The molecule has 0 amide bonds. The Morgan fingerprint density at radius 3 is 3.31 bits per heavy atom. The lowest BCUT2D eigenvalue weighted by Crippen LogP contribution is -2.20. The van der Waals surface area contributed by atoms with Crippen LogP contribution in [-0.4, -0.2) is 23.1 Å². The number of hydrogen-bond acceptors (Lipinski definition) is 5. The van der Waals surface area contributed by atoms with Gasteiger partial charge in [-0.1, -0.05) is 0 Å². The van der Waals surface area contributed by atoms with Gasteiger partial charge in [0.2, 0.25) is 0 Å². The van der Waals surface area contributed by atoms with E-state index in [2.05, 4.69) is 15.6 Å². The number of aromatic nitrogens is 2. The number of ether oxygens (including phenoxy) is 1. The molecule has 0 saturated heterocycles. The van der Waals surface area contributed by atoms with Crippen LogP contribution in [0.15, 0.2) is 11.3 Å². The number of nitrogens with one attached hydrogen (secondary N) is 1. The van der Waals surface area contributed by atoms with Crippen molar-refractivity contribution in [3.05, 3.63) is 11.8 Å². The predicted molar refractivity (Wildman–Crippen MR) is 45.1 cm³/mol. The second-order valence-corrected chi connectivity index (χ2v) is 2.48. The standard InChI is InChI=1S/C7H7N5O/c1-13-6-4-9-11-7-5(2-8)3-10-12(6)7/h3-4,6,11H,1H3. The highest BCUT2D eigenvalue weighted by atomic mass is 16.5. The maximum Gasteiger partial charge on any atom is 0.189 e. The van der Waals surface area contributed by atoms with Crippen LogP contribution < -0.4 is 5.43 Å². The monoisotopic (exact) mass is 177 g/mol. The van der Waals surface area contributed by atoms with Crippen LogP contribution in [0.5, 0.6) is 0 Å². The molecule has 66 valence electrons. The first kappa shape index (κ1) is 7.76. The highest BCUT2D eigenvalue weighted by Gasteiger charge is 2.19. The minimum Gasteiger partial charge on any atom is -0.354 e. The van der Waals surface area contributed by atoms with Crippen LogP contribution in [0.1, 0.15) is 11.8 Å². The molecule has 1 aliphatic rings. The van der Waals surface area contributed by atoms with E-state index in [4.69, 9.17) is 10.00 Å². The zero-order valence-electron chi connectivity index (χ0n) is 6.93. The van der Waals surface area contributed by atoms with E-state index in [0.717, 1.165) is 0 Å². The molecule has 0 bridgehead atoms. The van der Waals surface area contributed by atoms with Gasteiger partial charge in [0.05, 0.1) is 12.4 Å². The minimum atomic E-state index is -0.335. The van der Waals surface area contributed by atoms with Gasteiger partial charge in [0.15, 0.2) is 12.0 Å². The minimum absolute atomic E-state index is 0.335. The molecule has 0 radical (unpaired) electrons. The van der Waals surface area contributed by atoms with Crippen molar-refractivity contribution in [2.45, 2.75) is 6.23 Å². The second kappa shape index (κ2) is 2.88. The van der Waals surface area contributed by atoms with E-state index in [1.165, 1.54) is 6.20 Å². The van der Waals surface area contributed by atoms with Gasteiger partial charge in [-0.2, -0.15) is 15.5 Å². The van der Waals surface area contributed by atoms with Crippen molar-refractivity contribution in [3.63, 3.8) is 0 Å². The average Bonchev–Trinajstić information content (AvgIpc) is 2.60. The number of nitriles is 1. The van der Waals surface area contributed by atoms with E-state index < -0.39 is 0 Å². The molecule has 0 fully saturated rings. The van der Waals surface area contributed by atoms with Gasteiger partial charge in [-0.25, -0.2) is 4.68 Å². The van der Waals surface area contributed by atoms with Crippen molar-refractivity contribution in [2.24, 2.45) is 5.10 Å². The Kier molecular flexibility index (Phi) is 1.72. The number of anilines is 1. The van der Waals surface area contributed by atoms with Gasteiger partial charge < -0.3 is 4.74 Å².